The Morgan fingerprint density at radius 1 is 0.900 bits per heavy atom. The number of non-ortho nitro benzene ring substituents is 1. The molecule has 148 valence electrons. The zero-order valence-electron chi connectivity index (χ0n) is 15.4. The molecule has 0 spiro atoms. The summed E-state index contributed by atoms with van der Waals surface area (Å²) in [5.74, 6) is -0.219. The second-order valence-electron chi connectivity index (χ2n) is 6.24. The minimum Gasteiger partial charge on any atom is -0.505 e. The normalized spacial score (nSPS) is 11.2. The van der Waals surface area contributed by atoms with E-state index in [1.54, 1.807) is 48.5 Å². The van der Waals surface area contributed by atoms with Gasteiger partial charge in [-0.1, -0.05) is 23.9 Å². The molecule has 3 aromatic carbocycles. The van der Waals surface area contributed by atoms with Gasteiger partial charge in [-0.2, -0.15) is 5.11 Å². The van der Waals surface area contributed by atoms with Crippen molar-refractivity contribution in [3.8, 4) is 5.75 Å². The summed E-state index contributed by atoms with van der Waals surface area (Å²) in [5.41, 5.74) is 0.391. The number of aromatic hydroxyl groups is 1. The lowest BCUT2D eigenvalue weighted by atomic mass is 10.2. The number of benzene rings is 3. The predicted octanol–water partition coefficient (Wildman–Crippen LogP) is 5.71. The molecule has 0 fully saturated rings. The van der Waals surface area contributed by atoms with Crippen LogP contribution in [0.4, 0.5) is 17.1 Å². The van der Waals surface area contributed by atoms with Crippen LogP contribution in [0.3, 0.4) is 0 Å². The largest absolute Gasteiger partial charge is 0.505 e. The van der Waals surface area contributed by atoms with E-state index >= 15 is 0 Å². The van der Waals surface area contributed by atoms with E-state index in [4.69, 9.17) is 0 Å². The topological polar surface area (TPSA) is 121 Å². The Labute approximate surface area is 174 Å². The summed E-state index contributed by atoms with van der Waals surface area (Å²) in [5, 5.41) is 29.5. The maximum atomic E-state index is 12.2. The summed E-state index contributed by atoms with van der Waals surface area (Å²) in [7, 11) is 0. The molecule has 0 saturated carbocycles. The molecule has 0 aliphatic carbocycles. The molecule has 0 amide bonds. The van der Waals surface area contributed by atoms with Gasteiger partial charge in [-0.3, -0.25) is 14.9 Å². The lowest BCUT2D eigenvalue weighted by molar-refractivity contribution is -0.384. The molecular weight excluding hydrogens is 404 g/mol. The average molecular weight is 418 g/mol. The van der Waals surface area contributed by atoms with Crippen LogP contribution in [0.15, 0.2) is 97.6 Å². The minimum atomic E-state index is -0.528. The van der Waals surface area contributed by atoms with Crippen molar-refractivity contribution in [3.63, 3.8) is 0 Å². The van der Waals surface area contributed by atoms with Crippen LogP contribution in [-0.4, -0.2) is 15.0 Å². The molecule has 0 saturated heterocycles. The van der Waals surface area contributed by atoms with E-state index in [1.165, 1.54) is 23.9 Å². The number of nitrogens with one attached hydrogen (secondary N) is 1. The summed E-state index contributed by atoms with van der Waals surface area (Å²) in [4.78, 5) is 26.9. The molecule has 0 radical (unpaired) electrons. The van der Waals surface area contributed by atoms with Gasteiger partial charge < -0.3 is 10.1 Å². The Balaban J connectivity index is 1.52. The average Bonchev–Trinajstić information content (AvgIpc) is 2.75. The number of azo groups is 1. The number of H-pyrrole nitrogens is 1. The SMILES string of the molecule is O=c1[nH]c2ccccc2c(O)c1N=Nc1ccc(Sc2ccc([N+](=O)[O-])cc2)cc1. The first-order chi connectivity index (χ1) is 14.5. The van der Waals surface area contributed by atoms with Gasteiger partial charge in [-0.15, -0.1) is 5.11 Å². The molecule has 0 aliphatic rings. The van der Waals surface area contributed by atoms with E-state index in [1.807, 2.05) is 12.1 Å². The van der Waals surface area contributed by atoms with Crippen LogP contribution in [0.1, 0.15) is 0 Å². The van der Waals surface area contributed by atoms with Crippen LogP contribution < -0.4 is 5.56 Å². The third kappa shape index (κ3) is 4.06. The molecule has 0 aliphatic heterocycles. The number of rotatable bonds is 5. The number of para-hydroxylation sites is 1. The lowest BCUT2D eigenvalue weighted by Crippen LogP contribution is -2.04. The van der Waals surface area contributed by atoms with Crippen LogP contribution in [-0.2, 0) is 0 Å². The molecule has 0 unspecified atom stereocenters. The highest BCUT2D eigenvalue weighted by Gasteiger charge is 2.11. The van der Waals surface area contributed by atoms with Gasteiger partial charge in [0.15, 0.2) is 11.4 Å². The van der Waals surface area contributed by atoms with Gasteiger partial charge in [0, 0.05) is 27.3 Å². The van der Waals surface area contributed by atoms with E-state index in [0.29, 0.717) is 16.6 Å². The quantitative estimate of drug-likeness (QED) is 0.244. The Morgan fingerprint density at radius 2 is 1.53 bits per heavy atom. The van der Waals surface area contributed by atoms with Crippen molar-refractivity contribution in [1.29, 1.82) is 0 Å². The standard InChI is InChI=1S/C21H14N4O4S/c26-20-17-3-1-2-4-18(17)22-21(27)19(20)24-23-13-5-9-15(10-6-13)30-16-11-7-14(8-12-16)25(28)29/h1-12H,(H2,22,26,27). The van der Waals surface area contributed by atoms with Crippen LogP contribution >= 0.6 is 11.8 Å². The Morgan fingerprint density at radius 3 is 2.20 bits per heavy atom. The van der Waals surface area contributed by atoms with Gasteiger partial charge in [-0.05, 0) is 48.5 Å². The molecule has 2 N–H and O–H groups in total. The summed E-state index contributed by atoms with van der Waals surface area (Å²) in [6.07, 6.45) is 0. The second-order valence-corrected chi connectivity index (χ2v) is 7.39. The first-order valence-electron chi connectivity index (χ1n) is 8.79. The van der Waals surface area contributed by atoms with Gasteiger partial charge in [-0.25, -0.2) is 0 Å². The number of nitro groups is 1. The van der Waals surface area contributed by atoms with Crippen LogP contribution in [0.2, 0.25) is 0 Å². The first-order valence-corrected chi connectivity index (χ1v) is 9.61. The summed E-state index contributed by atoms with van der Waals surface area (Å²) < 4.78 is 0. The van der Waals surface area contributed by atoms with Crippen molar-refractivity contribution in [1.82, 2.24) is 4.98 Å². The zero-order valence-corrected chi connectivity index (χ0v) is 16.2. The number of hydrogen-bond acceptors (Lipinski definition) is 7. The molecule has 0 bridgehead atoms. The predicted molar refractivity (Wildman–Crippen MR) is 114 cm³/mol. The first kappa shape index (κ1) is 19.3. The number of pyridine rings is 1. The Bertz CT molecular complexity index is 1320. The molecule has 30 heavy (non-hydrogen) atoms. The van der Waals surface area contributed by atoms with Crippen molar-refractivity contribution in [2.45, 2.75) is 9.79 Å². The molecule has 9 heteroatoms. The Hall–Kier alpha value is -3.98. The number of nitrogens with zero attached hydrogens (tertiary/aromatic N) is 3. The number of nitro benzene ring substituents is 1. The minimum absolute atomic E-state index is 0.0436. The highest BCUT2D eigenvalue weighted by molar-refractivity contribution is 7.99. The van der Waals surface area contributed by atoms with Gasteiger partial charge >= 0.3 is 0 Å². The summed E-state index contributed by atoms with van der Waals surface area (Å²) in [6, 6.07) is 20.3. The van der Waals surface area contributed by atoms with Crippen molar-refractivity contribution in [2.75, 3.05) is 0 Å². The maximum absolute atomic E-state index is 12.2. The molecule has 4 aromatic rings. The Kier molecular flexibility index (Phi) is 5.27. The number of aromatic nitrogens is 1. The summed E-state index contributed by atoms with van der Waals surface area (Å²) >= 11 is 1.45. The van der Waals surface area contributed by atoms with Crippen LogP contribution in [0, 0.1) is 10.1 Å². The monoisotopic (exact) mass is 418 g/mol. The van der Waals surface area contributed by atoms with E-state index in [0.717, 1.165) is 9.79 Å². The van der Waals surface area contributed by atoms with Crippen molar-refractivity contribution in [2.24, 2.45) is 10.2 Å². The zero-order chi connectivity index (χ0) is 21.1. The van der Waals surface area contributed by atoms with E-state index < -0.39 is 10.5 Å². The number of aromatic amines is 1. The fraction of sp³-hybridized carbons (Fsp3) is 0. The van der Waals surface area contributed by atoms with Crippen LogP contribution in [0.5, 0.6) is 5.75 Å². The van der Waals surface area contributed by atoms with Gasteiger partial charge in [0.1, 0.15) is 0 Å². The van der Waals surface area contributed by atoms with Crippen molar-refractivity contribution in [3.05, 3.63) is 93.3 Å². The molecule has 0 atom stereocenters. The third-order valence-electron chi connectivity index (χ3n) is 4.26. The maximum Gasteiger partial charge on any atom is 0.280 e. The van der Waals surface area contributed by atoms with Crippen molar-refractivity contribution >= 4 is 39.7 Å². The van der Waals surface area contributed by atoms with Crippen molar-refractivity contribution < 1.29 is 10.0 Å². The molecular formula is C21H14N4O4S. The molecule has 4 rings (SSSR count). The number of hydrogen-bond donors (Lipinski definition) is 2. The second kappa shape index (κ2) is 8.18. The third-order valence-corrected chi connectivity index (χ3v) is 5.27. The fourth-order valence-corrected chi connectivity index (χ4v) is 3.59. The summed E-state index contributed by atoms with van der Waals surface area (Å²) in [6.45, 7) is 0. The number of fused-ring (bicyclic) bond motifs is 1. The van der Waals surface area contributed by atoms with Gasteiger partial charge in [0.25, 0.3) is 11.2 Å². The molecule has 1 heterocycles. The van der Waals surface area contributed by atoms with E-state index in [-0.39, 0.29) is 17.1 Å². The van der Waals surface area contributed by atoms with E-state index in [9.17, 15) is 20.0 Å². The highest BCUT2D eigenvalue weighted by Crippen LogP contribution is 2.33. The van der Waals surface area contributed by atoms with Gasteiger partial charge in [0.2, 0.25) is 0 Å². The van der Waals surface area contributed by atoms with Crippen LogP contribution in [0.25, 0.3) is 10.9 Å². The fourth-order valence-electron chi connectivity index (χ4n) is 2.77. The molecule has 8 nitrogen and oxygen atoms in total. The molecule has 1 aromatic heterocycles. The van der Waals surface area contributed by atoms with Gasteiger partial charge in [0.05, 0.1) is 16.1 Å². The smallest absolute Gasteiger partial charge is 0.280 e. The van der Waals surface area contributed by atoms with E-state index in [2.05, 4.69) is 15.2 Å². The highest BCUT2D eigenvalue weighted by atomic mass is 32.2. The lowest BCUT2D eigenvalue weighted by Gasteiger charge is -2.03.